The van der Waals surface area contributed by atoms with E-state index in [0.29, 0.717) is 10.0 Å². The third kappa shape index (κ3) is 2.84. The molecule has 22 heavy (non-hydrogen) atoms. The molecule has 0 spiro atoms. The van der Waals surface area contributed by atoms with E-state index in [2.05, 4.69) is 9.97 Å². The largest absolute Gasteiger partial charge is 0.227 e. The molecule has 2 aromatic heterocycles. The summed E-state index contributed by atoms with van der Waals surface area (Å²) in [6, 6.07) is 11.7. The second kappa shape index (κ2) is 6.19. The maximum atomic E-state index is 6.16. The molecule has 110 valence electrons. The number of halogens is 2. The number of fused-ring (bicyclic) bond motifs is 2. The highest BCUT2D eigenvalue weighted by atomic mass is 35.5. The van der Waals surface area contributed by atoms with Crippen LogP contribution in [0.15, 0.2) is 45.1 Å². The summed E-state index contributed by atoms with van der Waals surface area (Å²) in [5, 5.41) is 1.38. The average Bonchev–Trinajstić information content (AvgIpc) is 3.10. The van der Waals surface area contributed by atoms with Crippen LogP contribution in [0.1, 0.15) is 0 Å². The van der Waals surface area contributed by atoms with Gasteiger partial charge in [-0.15, -0.1) is 22.7 Å². The van der Waals surface area contributed by atoms with Gasteiger partial charge in [-0.1, -0.05) is 35.3 Å². The van der Waals surface area contributed by atoms with Crippen LogP contribution in [0.2, 0.25) is 10.0 Å². The molecule has 0 atom stereocenters. The lowest BCUT2D eigenvalue weighted by Gasteiger charge is -1.91. The molecule has 0 N–H and O–H groups in total. The van der Waals surface area contributed by atoms with Crippen molar-refractivity contribution in [3.05, 3.63) is 46.4 Å². The lowest BCUT2D eigenvalue weighted by atomic mass is 10.3. The van der Waals surface area contributed by atoms with Gasteiger partial charge >= 0.3 is 0 Å². The average molecular weight is 401 g/mol. The Morgan fingerprint density at radius 3 is 1.59 bits per heavy atom. The number of aromatic nitrogens is 2. The molecule has 0 aliphatic rings. The van der Waals surface area contributed by atoms with Crippen molar-refractivity contribution in [2.45, 2.75) is 8.68 Å². The predicted octanol–water partition coefficient (Wildman–Crippen LogP) is 7.01. The highest BCUT2D eigenvalue weighted by molar-refractivity contribution is 8.77. The molecule has 0 bridgehead atoms. The minimum atomic E-state index is 0.692. The molecule has 0 fully saturated rings. The fraction of sp³-hybridized carbons (Fsp3) is 0. The zero-order valence-corrected chi connectivity index (χ0v) is 15.5. The van der Waals surface area contributed by atoms with Gasteiger partial charge in [-0.3, -0.25) is 0 Å². The minimum absolute atomic E-state index is 0.692. The van der Waals surface area contributed by atoms with E-state index in [-0.39, 0.29) is 0 Å². The third-order valence-electron chi connectivity index (χ3n) is 2.88. The van der Waals surface area contributed by atoms with Crippen molar-refractivity contribution >= 4 is 87.9 Å². The van der Waals surface area contributed by atoms with Crippen LogP contribution < -0.4 is 0 Å². The van der Waals surface area contributed by atoms with Crippen molar-refractivity contribution in [2.75, 3.05) is 0 Å². The maximum Gasteiger partial charge on any atom is 0.162 e. The molecule has 0 saturated heterocycles. The van der Waals surface area contributed by atoms with E-state index in [1.807, 2.05) is 36.4 Å². The first-order valence-electron chi connectivity index (χ1n) is 6.15. The molecule has 2 aromatic carbocycles. The van der Waals surface area contributed by atoms with E-state index in [9.17, 15) is 0 Å². The number of hydrogen-bond donors (Lipinski definition) is 0. The Morgan fingerprint density at radius 2 is 1.18 bits per heavy atom. The summed E-state index contributed by atoms with van der Waals surface area (Å²) in [7, 11) is 3.20. The van der Waals surface area contributed by atoms with Gasteiger partial charge in [0, 0.05) is 0 Å². The van der Waals surface area contributed by atoms with Gasteiger partial charge in [0.15, 0.2) is 8.68 Å². The van der Waals surface area contributed by atoms with Gasteiger partial charge in [-0.2, -0.15) is 0 Å². The van der Waals surface area contributed by atoms with Crippen LogP contribution in [-0.4, -0.2) is 9.97 Å². The number of para-hydroxylation sites is 2. The van der Waals surface area contributed by atoms with Crippen molar-refractivity contribution in [3.63, 3.8) is 0 Å². The summed E-state index contributed by atoms with van der Waals surface area (Å²) in [5.41, 5.74) is 1.73. The maximum absolute atomic E-state index is 6.16. The molecule has 4 aromatic rings. The summed E-state index contributed by atoms with van der Waals surface area (Å²) in [6.45, 7) is 0. The Bertz CT molecular complexity index is 899. The van der Waals surface area contributed by atoms with Gasteiger partial charge < -0.3 is 0 Å². The third-order valence-corrected chi connectivity index (χ3v) is 8.51. The van der Waals surface area contributed by atoms with Crippen LogP contribution in [0.5, 0.6) is 0 Å². The van der Waals surface area contributed by atoms with Crippen LogP contribution in [0, 0.1) is 0 Å². The molecule has 0 saturated carbocycles. The molecule has 0 unspecified atom stereocenters. The molecule has 0 amide bonds. The quantitative estimate of drug-likeness (QED) is 0.345. The molecular weight excluding hydrogens is 395 g/mol. The van der Waals surface area contributed by atoms with Crippen LogP contribution in [0.4, 0.5) is 0 Å². The van der Waals surface area contributed by atoms with E-state index < -0.39 is 0 Å². The Hall–Kier alpha value is -0.500. The summed E-state index contributed by atoms with van der Waals surface area (Å²) in [5.74, 6) is 0. The topological polar surface area (TPSA) is 25.8 Å². The second-order valence-electron chi connectivity index (χ2n) is 4.30. The Labute approximate surface area is 152 Å². The van der Waals surface area contributed by atoms with Gasteiger partial charge in [0.05, 0.1) is 19.4 Å². The van der Waals surface area contributed by atoms with Crippen molar-refractivity contribution < 1.29 is 0 Å². The number of rotatable bonds is 3. The molecule has 2 heterocycles. The van der Waals surface area contributed by atoms with E-state index in [1.165, 1.54) is 0 Å². The summed E-state index contributed by atoms with van der Waals surface area (Å²) >= 11 is 15.6. The molecule has 0 aliphatic heterocycles. The molecule has 8 heteroatoms. The lowest BCUT2D eigenvalue weighted by Crippen LogP contribution is -1.70. The zero-order valence-electron chi connectivity index (χ0n) is 10.7. The van der Waals surface area contributed by atoms with Gasteiger partial charge in [-0.25, -0.2) is 9.97 Å². The smallest absolute Gasteiger partial charge is 0.162 e. The van der Waals surface area contributed by atoms with Crippen LogP contribution >= 0.6 is 67.5 Å². The van der Waals surface area contributed by atoms with E-state index in [4.69, 9.17) is 23.2 Å². The van der Waals surface area contributed by atoms with E-state index >= 15 is 0 Å². The van der Waals surface area contributed by atoms with Crippen molar-refractivity contribution in [3.8, 4) is 0 Å². The summed E-state index contributed by atoms with van der Waals surface area (Å²) < 4.78 is 4.14. The molecule has 2 nitrogen and oxygen atoms in total. The predicted molar refractivity (Wildman–Crippen MR) is 101 cm³/mol. The van der Waals surface area contributed by atoms with Crippen molar-refractivity contribution in [1.29, 1.82) is 0 Å². The van der Waals surface area contributed by atoms with E-state index in [1.54, 1.807) is 44.3 Å². The number of benzene rings is 2. The highest BCUT2D eigenvalue weighted by Gasteiger charge is 2.11. The van der Waals surface area contributed by atoms with Gasteiger partial charge in [-0.05, 0) is 45.9 Å². The summed E-state index contributed by atoms with van der Waals surface area (Å²) in [6.07, 6.45) is 0. The Kier molecular flexibility index (Phi) is 4.23. The van der Waals surface area contributed by atoms with Crippen LogP contribution in [-0.2, 0) is 0 Å². The molecule has 4 rings (SSSR count). The van der Waals surface area contributed by atoms with Crippen LogP contribution in [0.25, 0.3) is 20.4 Å². The van der Waals surface area contributed by atoms with E-state index in [0.717, 1.165) is 29.1 Å². The fourth-order valence-corrected chi connectivity index (χ4v) is 7.01. The first-order valence-corrected chi connectivity index (χ1v) is 10.7. The Morgan fingerprint density at radius 1 is 0.727 bits per heavy atom. The van der Waals surface area contributed by atoms with Crippen molar-refractivity contribution in [1.82, 2.24) is 9.97 Å². The first kappa shape index (κ1) is 15.1. The monoisotopic (exact) mass is 400 g/mol. The van der Waals surface area contributed by atoms with Gasteiger partial charge in [0.2, 0.25) is 0 Å². The molecule has 0 aliphatic carbocycles. The van der Waals surface area contributed by atoms with Gasteiger partial charge in [0.1, 0.15) is 11.0 Å². The molecular formula is C14H6Cl2N2S4. The van der Waals surface area contributed by atoms with Gasteiger partial charge in [0.25, 0.3) is 0 Å². The highest BCUT2D eigenvalue weighted by Crippen LogP contribution is 2.44. The number of nitrogens with zero attached hydrogens (tertiary/aromatic N) is 2. The standard InChI is InChI=1S/C14H6Cl2N2S4/c15-7-3-1-5-9-11(7)17-13(19-9)21-22-14-18-12-8(16)4-2-6-10(12)20-14/h1-6H. The van der Waals surface area contributed by atoms with Crippen molar-refractivity contribution in [2.24, 2.45) is 0 Å². The summed E-state index contributed by atoms with van der Waals surface area (Å²) in [4.78, 5) is 9.16. The van der Waals surface area contributed by atoms with Crippen LogP contribution in [0.3, 0.4) is 0 Å². The fourth-order valence-electron chi connectivity index (χ4n) is 1.93. The Balaban J connectivity index is 1.60. The second-order valence-corrected chi connectivity index (χ2v) is 9.80. The zero-order chi connectivity index (χ0) is 15.1. The lowest BCUT2D eigenvalue weighted by molar-refractivity contribution is 1.31. The SMILES string of the molecule is Clc1cccc2sc(SSc3nc4c(Cl)cccc4s3)nc12. The molecule has 0 radical (unpaired) electrons. The number of thiazole rings is 2. The first-order chi connectivity index (χ1) is 10.7. The number of hydrogen-bond acceptors (Lipinski definition) is 6. The minimum Gasteiger partial charge on any atom is -0.227 e. The normalized spacial score (nSPS) is 11.5.